The van der Waals surface area contributed by atoms with E-state index in [0.29, 0.717) is 5.71 Å². The molecule has 0 amide bonds. The van der Waals surface area contributed by atoms with Crippen LogP contribution in [0.1, 0.15) is 31.9 Å². The van der Waals surface area contributed by atoms with E-state index in [9.17, 15) is 5.21 Å². The monoisotopic (exact) mass is 285 g/mol. The van der Waals surface area contributed by atoms with Crippen molar-refractivity contribution < 1.29 is 5.21 Å². The molecule has 0 unspecified atom stereocenters. The molecular formula is C17H19NOS. The number of rotatable bonds is 3. The van der Waals surface area contributed by atoms with Gasteiger partial charge in [-0.25, -0.2) is 0 Å². The zero-order valence-corrected chi connectivity index (χ0v) is 12.8. The maximum Gasteiger partial charge on any atom is 0.118 e. The van der Waals surface area contributed by atoms with Gasteiger partial charge in [-0.2, -0.15) is 0 Å². The Morgan fingerprint density at radius 2 is 1.55 bits per heavy atom. The third-order valence-electron chi connectivity index (χ3n) is 2.71. The molecule has 0 atom stereocenters. The second-order valence-electron chi connectivity index (χ2n) is 5.53. The first-order chi connectivity index (χ1) is 9.51. The molecular weight excluding hydrogens is 266 g/mol. The van der Waals surface area contributed by atoms with Crippen molar-refractivity contribution in [1.82, 2.24) is 0 Å². The van der Waals surface area contributed by atoms with E-state index in [0.717, 1.165) is 16.0 Å². The Bertz CT molecular complexity index is 600. The highest BCUT2D eigenvalue weighted by molar-refractivity contribution is 8.00. The lowest BCUT2D eigenvalue weighted by molar-refractivity contribution is 0.319. The van der Waals surface area contributed by atoms with Gasteiger partial charge in [0.2, 0.25) is 0 Å². The normalized spacial score (nSPS) is 12.4. The highest BCUT2D eigenvalue weighted by Crippen LogP contribution is 2.35. The molecule has 20 heavy (non-hydrogen) atoms. The van der Waals surface area contributed by atoms with Crippen molar-refractivity contribution in [3.63, 3.8) is 0 Å². The van der Waals surface area contributed by atoms with Crippen LogP contribution in [0.15, 0.2) is 64.6 Å². The zero-order chi connectivity index (χ0) is 14.6. The van der Waals surface area contributed by atoms with Crippen LogP contribution in [0.3, 0.4) is 0 Å². The number of thioether (sulfide) groups is 1. The van der Waals surface area contributed by atoms with Crippen molar-refractivity contribution >= 4 is 17.5 Å². The van der Waals surface area contributed by atoms with E-state index in [2.05, 4.69) is 32.0 Å². The van der Waals surface area contributed by atoms with E-state index >= 15 is 0 Å². The van der Waals surface area contributed by atoms with Crippen LogP contribution in [0.2, 0.25) is 0 Å². The molecule has 3 heteroatoms. The molecule has 0 spiro atoms. The standard InChI is InChI=1S/C17H19NOS/c1-17(2,3)20-15-12-8-7-11-14(15)16(18-19)13-9-5-4-6-10-13/h4-12,19H,1-3H3/b18-16+. The van der Waals surface area contributed by atoms with E-state index in [4.69, 9.17) is 0 Å². The fourth-order valence-electron chi connectivity index (χ4n) is 1.94. The van der Waals surface area contributed by atoms with Gasteiger partial charge < -0.3 is 5.21 Å². The first kappa shape index (κ1) is 14.7. The Balaban J connectivity index is 2.46. The zero-order valence-electron chi connectivity index (χ0n) is 12.0. The molecule has 1 N–H and O–H groups in total. The molecule has 0 fully saturated rings. The van der Waals surface area contributed by atoms with Gasteiger partial charge in [-0.3, -0.25) is 0 Å². The van der Waals surface area contributed by atoms with E-state index < -0.39 is 0 Å². The second-order valence-corrected chi connectivity index (χ2v) is 7.39. The van der Waals surface area contributed by atoms with Crippen LogP contribution < -0.4 is 0 Å². The second kappa shape index (κ2) is 6.14. The van der Waals surface area contributed by atoms with Crippen molar-refractivity contribution in [3.05, 3.63) is 65.7 Å². The summed E-state index contributed by atoms with van der Waals surface area (Å²) >= 11 is 1.77. The predicted molar refractivity (Wildman–Crippen MR) is 85.9 cm³/mol. The smallest absolute Gasteiger partial charge is 0.118 e. The lowest BCUT2D eigenvalue weighted by Crippen LogP contribution is -2.10. The van der Waals surface area contributed by atoms with Gasteiger partial charge in [0.05, 0.1) is 0 Å². The molecule has 0 bridgehead atoms. The minimum absolute atomic E-state index is 0.105. The van der Waals surface area contributed by atoms with Crippen LogP contribution in [0, 0.1) is 0 Å². The van der Waals surface area contributed by atoms with Crippen molar-refractivity contribution in [2.75, 3.05) is 0 Å². The van der Waals surface area contributed by atoms with Crippen LogP contribution in [-0.2, 0) is 0 Å². The average Bonchev–Trinajstić information content (AvgIpc) is 2.41. The largest absolute Gasteiger partial charge is 0.410 e. The topological polar surface area (TPSA) is 32.6 Å². The summed E-state index contributed by atoms with van der Waals surface area (Å²) in [5.74, 6) is 0. The van der Waals surface area contributed by atoms with Crippen LogP contribution in [-0.4, -0.2) is 15.7 Å². The highest BCUT2D eigenvalue weighted by atomic mass is 32.2. The fraction of sp³-hybridized carbons (Fsp3) is 0.235. The molecule has 0 aliphatic carbocycles. The maximum absolute atomic E-state index is 9.43. The minimum Gasteiger partial charge on any atom is -0.410 e. The Morgan fingerprint density at radius 3 is 2.15 bits per heavy atom. The summed E-state index contributed by atoms with van der Waals surface area (Å²) in [5.41, 5.74) is 2.48. The Labute approximate surface area is 124 Å². The van der Waals surface area contributed by atoms with E-state index in [1.165, 1.54) is 0 Å². The molecule has 0 aliphatic rings. The molecule has 2 aromatic rings. The summed E-state index contributed by atoms with van der Waals surface area (Å²) in [5, 5.41) is 13.0. The molecule has 2 aromatic carbocycles. The molecule has 2 rings (SSSR count). The van der Waals surface area contributed by atoms with Gasteiger partial charge in [0, 0.05) is 20.8 Å². The summed E-state index contributed by atoms with van der Waals surface area (Å²) in [7, 11) is 0. The number of nitrogens with zero attached hydrogens (tertiary/aromatic N) is 1. The molecule has 0 heterocycles. The Morgan fingerprint density at radius 1 is 0.950 bits per heavy atom. The SMILES string of the molecule is CC(C)(C)Sc1ccccc1/C(=N/O)c1ccccc1. The van der Waals surface area contributed by atoms with Crippen LogP contribution in [0.4, 0.5) is 0 Å². The van der Waals surface area contributed by atoms with Gasteiger partial charge >= 0.3 is 0 Å². The summed E-state index contributed by atoms with van der Waals surface area (Å²) in [4.78, 5) is 1.12. The third-order valence-corrected chi connectivity index (χ3v) is 3.89. The number of hydrogen-bond donors (Lipinski definition) is 1. The van der Waals surface area contributed by atoms with Gasteiger partial charge in [0.15, 0.2) is 0 Å². The highest BCUT2D eigenvalue weighted by Gasteiger charge is 2.18. The van der Waals surface area contributed by atoms with Crippen LogP contribution in [0.25, 0.3) is 0 Å². The van der Waals surface area contributed by atoms with Gasteiger partial charge in [-0.15, -0.1) is 11.8 Å². The summed E-state index contributed by atoms with van der Waals surface area (Å²) in [6, 6.07) is 17.8. The average molecular weight is 285 g/mol. The summed E-state index contributed by atoms with van der Waals surface area (Å²) in [6.07, 6.45) is 0. The Hall–Kier alpha value is -1.74. The van der Waals surface area contributed by atoms with E-state index in [1.54, 1.807) is 11.8 Å². The van der Waals surface area contributed by atoms with Gasteiger partial charge in [-0.1, -0.05) is 74.5 Å². The molecule has 2 nitrogen and oxygen atoms in total. The molecule has 104 valence electrons. The number of benzene rings is 2. The first-order valence-electron chi connectivity index (χ1n) is 6.57. The maximum atomic E-state index is 9.43. The van der Waals surface area contributed by atoms with Crippen molar-refractivity contribution in [3.8, 4) is 0 Å². The van der Waals surface area contributed by atoms with Crippen LogP contribution in [0.5, 0.6) is 0 Å². The molecule has 0 aliphatic heterocycles. The van der Waals surface area contributed by atoms with Crippen molar-refractivity contribution in [1.29, 1.82) is 0 Å². The third kappa shape index (κ3) is 3.64. The number of oxime groups is 1. The van der Waals surface area contributed by atoms with Crippen molar-refractivity contribution in [2.24, 2.45) is 5.16 Å². The summed E-state index contributed by atoms with van der Waals surface area (Å²) < 4.78 is 0.105. The first-order valence-corrected chi connectivity index (χ1v) is 7.39. The molecule has 0 aromatic heterocycles. The van der Waals surface area contributed by atoms with E-state index in [-0.39, 0.29) is 4.75 Å². The van der Waals surface area contributed by atoms with Gasteiger partial charge in [0.25, 0.3) is 0 Å². The fourth-order valence-corrected chi connectivity index (χ4v) is 3.03. The summed E-state index contributed by atoms with van der Waals surface area (Å²) in [6.45, 7) is 6.52. The lowest BCUT2D eigenvalue weighted by atomic mass is 10.0. The molecule has 0 saturated heterocycles. The van der Waals surface area contributed by atoms with Gasteiger partial charge in [0.1, 0.15) is 5.71 Å². The quantitative estimate of drug-likeness (QED) is 0.380. The van der Waals surface area contributed by atoms with Crippen LogP contribution >= 0.6 is 11.8 Å². The minimum atomic E-state index is 0.105. The van der Waals surface area contributed by atoms with Gasteiger partial charge in [-0.05, 0) is 6.07 Å². The van der Waals surface area contributed by atoms with E-state index in [1.807, 2.05) is 48.5 Å². The lowest BCUT2D eigenvalue weighted by Gasteiger charge is -2.20. The van der Waals surface area contributed by atoms with Crippen molar-refractivity contribution in [2.45, 2.75) is 30.4 Å². The molecule has 0 radical (unpaired) electrons. The Kier molecular flexibility index (Phi) is 4.50. The molecule has 0 saturated carbocycles. The number of hydrogen-bond acceptors (Lipinski definition) is 3. The predicted octanol–water partition coefficient (Wildman–Crippen LogP) is 4.80.